The predicted molar refractivity (Wildman–Crippen MR) is 40.6 cm³/mol. The molecule has 0 amide bonds. The average molecular weight is 213 g/mol. The molecule has 0 spiro atoms. The zero-order chi connectivity index (χ0) is 7.78. The third-order valence-electron chi connectivity index (χ3n) is 2.26. The molecule has 0 aromatic rings. The third kappa shape index (κ3) is 1.34. The highest BCUT2D eigenvalue weighted by molar-refractivity contribution is 9.09. The first kappa shape index (κ1) is 8.44. The first-order valence-electron chi connectivity index (χ1n) is 3.42. The van der Waals surface area contributed by atoms with Gasteiger partial charge in [0.25, 0.3) is 0 Å². The molecule has 10 heavy (non-hydrogen) atoms. The molecule has 0 bridgehead atoms. The van der Waals surface area contributed by atoms with Crippen LogP contribution in [0, 0.1) is 11.3 Å². The van der Waals surface area contributed by atoms with Gasteiger partial charge in [-0.05, 0) is 18.8 Å². The summed E-state index contributed by atoms with van der Waals surface area (Å²) in [7, 11) is 0. The number of hydrogen-bond donors (Lipinski definition) is 0. The Labute approximate surface area is 68.1 Å². The quantitative estimate of drug-likeness (QED) is 0.618. The van der Waals surface area contributed by atoms with Crippen LogP contribution >= 0.6 is 15.9 Å². The van der Waals surface area contributed by atoms with Gasteiger partial charge >= 0.3 is 0 Å². The molecular formula is C7H11BrF2. The van der Waals surface area contributed by atoms with E-state index in [1.54, 1.807) is 6.92 Å². The summed E-state index contributed by atoms with van der Waals surface area (Å²) >= 11 is 3.28. The van der Waals surface area contributed by atoms with Crippen molar-refractivity contribution in [1.29, 1.82) is 0 Å². The fourth-order valence-electron chi connectivity index (χ4n) is 1.55. The van der Waals surface area contributed by atoms with Crippen LogP contribution in [-0.4, -0.2) is 11.8 Å². The summed E-state index contributed by atoms with van der Waals surface area (Å²) in [5.41, 5.74) is -0.668. The Kier molecular flexibility index (Phi) is 2.33. The Hall–Kier alpha value is 0.340. The van der Waals surface area contributed by atoms with Crippen molar-refractivity contribution in [3.05, 3.63) is 0 Å². The van der Waals surface area contributed by atoms with E-state index in [1.165, 1.54) is 0 Å². The fraction of sp³-hybridized carbons (Fsp3) is 1.00. The number of hydrogen-bond acceptors (Lipinski definition) is 0. The van der Waals surface area contributed by atoms with Gasteiger partial charge in [0, 0.05) is 10.7 Å². The molecule has 0 unspecified atom stereocenters. The molecule has 0 heterocycles. The monoisotopic (exact) mass is 212 g/mol. The Morgan fingerprint density at radius 3 is 2.40 bits per heavy atom. The maximum absolute atomic E-state index is 12.2. The average Bonchev–Trinajstić information content (AvgIpc) is 1.80. The van der Waals surface area contributed by atoms with Crippen LogP contribution in [0.15, 0.2) is 0 Å². The van der Waals surface area contributed by atoms with Crippen molar-refractivity contribution in [3.63, 3.8) is 0 Å². The lowest BCUT2D eigenvalue weighted by atomic mass is 9.64. The summed E-state index contributed by atoms with van der Waals surface area (Å²) < 4.78 is 24.3. The standard InChI is InChI=1S/C7H11BrF2/c1-7(6(9)10)2-5(3-7)4-8/h5-6H,2-4H2,1H3. The highest BCUT2D eigenvalue weighted by Gasteiger charge is 2.46. The molecule has 1 saturated carbocycles. The molecule has 0 atom stereocenters. The molecule has 0 saturated heterocycles. The number of halogens is 3. The third-order valence-corrected chi connectivity index (χ3v) is 3.17. The minimum atomic E-state index is -2.14. The van der Waals surface area contributed by atoms with Gasteiger partial charge in [-0.25, -0.2) is 8.78 Å². The molecule has 1 aliphatic rings. The lowest BCUT2D eigenvalue weighted by molar-refractivity contribution is -0.0722. The normalized spacial score (nSPS) is 39.9. The zero-order valence-electron chi connectivity index (χ0n) is 5.91. The van der Waals surface area contributed by atoms with E-state index in [2.05, 4.69) is 15.9 Å². The molecular weight excluding hydrogens is 202 g/mol. The van der Waals surface area contributed by atoms with Gasteiger partial charge in [-0.1, -0.05) is 22.9 Å². The van der Waals surface area contributed by atoms with E-state index < -0.39 is 11.8 Å². The van der Waals surface area contributed by atoms with Crippen LogP contribution in [0.3, 0.4) is 0 Å². The van der Waals surface area contributed by atoms with Crippen LogP contribution in [0.4, 0.5) is 8.78 Å². The molecule has 0 nitrogen and oxygen atoms in total. The van der Waals surface area contributed by atoms with Gasteiger partial charge < -0.3 is 0 Å². The minimum Gasteiger partial charge on any atom is -0.210 e. The first-order valence-corrected chi connectivity index (χ1v) is 4.55. The van der Waals surface area contributed by atoms with Crippen molar-refractivity contribution in [2.45, 2.75) is 26.2 Å². The Morgan fingerprint density at radius 2 is 2.10 bits per heavy atom. The van der Waals surface area contributed by atoms with Crippen LogP contribution in [0.1, 0.15) is 19.8 Å². The van der Waals surface area contributed by atoms with Gasteiger partial charge in [0.05, 0.1) is 0 Å². The Bertz CT molecular complexity index is 119. The van der Waals surface area contributed by atoms with Crippen LogP contribution in [0.2, 0.25) is 0 Å². The fourth-order valence-corrected chi connectivity index (χ4v) is 2.00. The maximum Gasteiger partial charge on any atom is 0.243 e. The van der Waals surface area contributed by atoms with Gasteiger partial charge in [0.2, 0.25) is 6.43 Å². The molecule has 3 heteroatoms. The second-order valence-electron chi connectivity index (χ2n) is 3.38. The van der Waals surface area contributed by atoms with E-state index in [0.29, 0.717) is 18.8 Å². The summed E-state index contributed by atoms with van der Waals surface area (Å²) in [5, 5.41) is 0.870. The lowest BCUT2D eigenvalue weighted by Crippen LogP contribution is -2.41. The van der Waals surface area contributed by atoms with Crippen molar-refractivity contribution in [2.75, 3.05) is 5.33 Å². The topological polar surface area (TPSA) is 0 Å². The van der Waals surface area contributed by atoms with E-state index in [0.717, 1.165) is 5.33 Å². The van der Waals surface area contributed by atoms with Crippen LogP contribution < -0.4 is 0 Å². The second kappa shape index (κ2) is 2.76. The lowest BCUT2D eigenvalue weighted by Gasteiger charge is -2.43. The molecule has 0 radical (unpaired) electrons. The smallest absolute Gasteiger partial charge is 0.210 e. The minimum absolute atomic E-state index is 0.485. The molecule has 1 aliphatic carbocycles. The van der Waals surface area contributed by atoms with Crippen molar-refractivity contribution >= 4 is 15.9 Å². The van der Waals surface area contributed by atoms with Gasteiger partial charge in [-0.3, -0.25) is 0 Å². The summed E-state index contributed by atoms with van der Waals surface area (Å²) in [6.07, 6.45) is -0.783. The molecule has 1 rings (SSSR count). The highest BCUT2D eigenvalue weighted by Crippen LogP contribution is 2.49. The molecule has 0 N–H and O–H groups in total. The molecule has 1 fully saturated rings. The summed E-state index contributed by atoms with van der Waals surface area (Å²) in [4.78, 5) is 0. The molecule has 60 valence electrons. The van der Waals surface area contributed by atoms with Crippen molar-refractivity contribution in [3.8, 4) is 0 Å². The first-order chi connectivity index (χ1) is 4.58. The maximum atomic E-state index is 12.2. The van der Waals surface area contributed by atoms with Gasteiger partial charge in [-0.2, -0.15) is 0 Å². The molecule has 0 aromatic heterocycles. The Morgan fingerprint density at radius 1 is 1.60 bits per heavy atom. The number of rotatable bonds is 2. The van der Waals surface area contributed by atoms with Crippen LogP contribution in [0.5, 0.6) is 0 Å². The Balaban J connectivity index is 2.34. The number of alkyl halides is 3. The molecule has 0 aliphatic heterocycles. The molecule has 0 aromatic carbocycles. The largest absolute Gasteiger partial charge is 0.243 e. The van der Waals surface area contributed by atoms with Crippen molar-refractivity contribution < 1.29 is 8.78 Å². The van der Waals surface area contributed by atoms with Crippen molar-refractivity contribution in [1.82, 2.24) is 0 Å². The SMILES string of the molecule is CC1(C(F)F)CC(CBr)C1. The summed E-state index contributed by atoms with van der Waals surface area (Å²) in [6, 6.07) is 0. The van der Waals surface area contributed by atoms with E-state index >= 15 is 0 Å². The van der Waals surface area contributed by atoms with E-state index in [9.17, 15) is 8.78 Å². The zero-order valence-corrected chi connectivity index (χ0v) is 7.50. The van der Waals surface area contributed by atoms with Gasteiger partial charge in [0.15, 0.2) is 0 Å². The summed E-state index contributed by atoms with van der Waals surface area (Å²) in [5.74, 6) is 0.485. The van der Waals surface area contributed by atoms with E-state index in [1.807, 2.05) is 0 Å². The van der Waals surface area contributed by atoms with Crippen molar-refractivity contribution in [2.24, 2.45) is 11.3 Å². The highest BCUT2D eigenvalue weighted by atomic mass is 79.9. The van der Waals surface area contributed by atoms with Crippen LogP contribution in [-0.2, 0) is 0 Å². The van der Waals surface area contributed by atoms with Crippen LogP contribution in [0.25, 0.3) is 0 Å². The van der Waals surface area contributed by atoms with Gasteiger partial charge in [-0.15, -0.1) is 0 Å². The van der Waals surface area contributed by atoms with E-state index in [-0.39, 0.29) is 0 Å². The van der Waals surface area contributed by atoms with E-state index in [4.69, 9.17) is 0 Å². The second-order valence-corrected chi connectivity index (χ2v) is 4.03. The summed E-state index contributed by atoms with van der Waals surface area (Å²) in [6.45, 7) is 1.66. The predicted octanol–water partition coefficient (Wildman–Crippen LogP) is 3.06. The van der Waals surface area contributed by atoms with Gasteiger partial charge in [0.1, 0.15) is 0 Å².